The molecule has 6 nitrogen and oxygen atoms in total. The minimum Gasteiger partial charge on any atom is -0.323 e. The van der Waals surface area contributed by atoms with Crippen LogP contribution in [0.15, 0.2) is 42.5 Å². The molecule has 0 radical (unpaired) electrons. The molecule has 1 N–H and O–H groups in total. The van der Waals surface area contributed by atoms with Gasteiger partial charge in [0.25, 0.3) is 0 Å². The summed E-state index contributed by atoms with van der Waals surface area (Å²) in [5.41, 5.74) is 2.85. The molecule has 2 aromatic rings. The first kappa shape index (κ1) is 18.5. The first-order valence-corrected chi connectivity index (χ1v) is 9.41. The van der Waals surface area contributed by atoms with Crippen LogP contribution in [0.3, 0.4) is 0 Å². The molecule has 0 unspecified atom stereocenters. The monoisotopic (exact) mass is 357 g/mol. The fourth-order valence-corrected chi connectivity index (χ4v) is 3.30. The molecule has 1 amide bonds. The van der Waals surface area contributed by atoms with Crippen LogP contribution in [0.4, 0.5) is 11.4 Å². The largest absolute Gasteiger partial charge is 0.323 e. The number of benzene rings is 2. The number of carbonyl (C=O) groups is 1. The molecule has 0 heterocycles. The standard InChI is InChI=1S/C18H19N3O3S/c1-13-7-6-10-17(14(13)2)21(25(3,23)24)12-18(22)20-16-9-5-4-8-15(16)11-19/h4-10H,12H2,1-3H3,(H,20,22). The lowest BCUT2D eigenvalue weighted by Crippen LogP contribution is -2.38. The number of nitrogens with zero attached hydrogens (tertiary/aromatic N) is 2. The van der Waals surface area contributed by atoms with E-state index in [2.05, 4.69) is 5.32 Å². The Kier molecular flexibility index (Phi) is 5.45. The van der Waals surface area contributed by atoms with Crippen LogP contribution in [0.5, 0.6) is 0 Å². The summed E-state index contributed by atoms with van der Waals surface area (Å²) >= 11 is 0. The maximum absolute atomic E-state index is 12.4. The Bertz CT molecular complexity index is 946. The number of aryl methyl sites for hydroxylation is 1. The molecular weight excluding hydrogens is 338 g/mol. The predicted molar refractivity (Wildman–Crippen MR) is 97.9 cm³/mol. The number of sulfonamides is 1. The van der Waals surface area contributed by atoms with Gasteiger partial charge in [-0.3, -0.25) is 9.10 Å². The fraction of sp³-hybridized carbons (Fsp3) is 0.222. The molecule has 0 bridgehead atoms. The summed E-state index contributed by atoms with van der Waals surface area (Å²) in [7, 11) is -3.65. The lowest BCUT2D eigenvalue weighted by Gasteiger charge is -2.24. The third-order valence-corrected chi connectivity index (χ3v) is 4.98. The molecule has 0 aliphatic rings. The van der Waals surface area contributed by atoms with Gasteiger partial charge in [0.15, 0.2) is 0 Å². The first-order chi connectivity index (χ1) is 11.7. The van der Waals surface area contributed by atoms with Crippen molar-refractivity contribution in [1.82, 2.24) is 0 Å². The van der Waals surface area contributed by atoms with Crippen molar-refractivity contribution < 1.29 is 13.2 Å². The van der Waals surface area contributed by atoms with Crippen molar-refractivity contribution in [3.05, 3.63) is 59.2 Å². The number of carbonyl (C=O) groups excluding carboxylic acids is 1. The van der Waals surface area contributed by atoms with Crippen molar-refractivity contribution in [2.45, 2.75) is 13.8 Å². The van der Waals surface area contributed by atoms with Gasteiger partial charge in [-0.15, -0.1) is 0 Å². The SMILES string of the molecule is Cc1cccc(N(CC(=O)Nc2ccccc2C#N)S(C)(=O)=O)c1C. The Hall–Kier alpha value is -2.85. The molecule has 0 fully saturated rings. The number of nitriles is 1. The number of para-hydroxylation sites is 1. The smallest absolute Gasteiger partial charge is 0.245 e. The number of hydrogen-bond donors (Lipinski definition) is 1. The maximum atomic E-state index is 12.4. The van der Waals surface area contributed by atoms with E-state index in [1.165, 1.54) is 0 Å². The second-order valence-corrected chi connectivity index (χ2v) is 7.60. The number of anilines is 2. The Morgan fingerprint density at radius 1 is 1.16 bits per heavy atom. The van der Waals surface area contributed by atoms with Crippen molar-refractivity contribution in [2.75, 3.05) is 22.4 Å². The molecule has 0 aliphatic heterocycles. The highest BCUT2D eigenvalue weighted by Crippen LogP contribution is 2.25. The molecule has 0 saturated carbocycles. The molecule has 0 saturated heterocycles. The van der Waals surface area contributed by atoms with Crippen molar-refractivity contribution in [2.24, 2.45) is 0 Å². The summed E-state index contributed by atoms with van der Waals surface area (Å²) in [6.45, 7) is 3.32. The van der Waals surface area contributed by atoms with Gasteiger partial charge in [0, 0.05) is 0 Å². The lowest BCUT2D eigenvalue weighted by molar-refractivity contribution is -0.114. The van der Waals surface area contributed by atoms with Crippen LogP contribution in [0.25, 0.3) is 0 Å². The Morgan fingerprint density at radius 2 is 1.84 bits per heavy atom. The summed E-state index contributed by atoms with van der Waals surface area (Å²) in [4.78, 5) is 12.4. The summed E-state index contributed by atoms with van der Waals surface area (Å²) in [5, 5.41) is 11.7. The van der Waals surface area contributed by atoms with Crippen LogP contribution >= 0.6 is 0 Å². The van der Waals surface area contributed by atoms with E-state index < -0.39 is 15.9 Å². The molecule has 0 atom stereocenters. The average molecular weight is 357 g/mol. The van der Waals surface area contributed by atoms with E-state index in [0.29, 0.717) is 16.9 Å². The van der Waals surface area contributed by atoms with Gasteiger partial charge in [-0.25, -0.2) is 8.42 Å². The van der Waals surface area contributed by atoms with Gasteiger partial charge >= 0.3 is 0 Å². The average Bonchev–Trinajstić information content (AvgIpc) is 2.55. The zero-order valence-electron chi connectivity index (χ0n) is 14.3. The van der Waals surface area contributed by atoms with Crippen molar-refractivity contribution in [3.63, 3.8) is 0 Å². The van der Waals surface area contributed by atoms with E-state index in [0.717, 1.165) is 21.7 Å². The van der Waals surface area contributed by atoms with Gasteiger partial charge < -0.3 is 5.32 Å². The van der Waals surface area contributed by atoms with Crippen molar-refractivity contribution in [3.8, 4) is 6.07 Å². The molecule has 25 heavy (non-hydrogen) atoms. The number of hydrogen-bond acceptors (Lipinski definition) is 4. The van der Waals surface area contributed by atoms with Gasteiger partial charge in [0.2, 0.25) is 15.9 Å². The highest BCUT2D eigenvalue weighted by molar-refractivity contribution is 7.92. The third-order valence-electron chi connectivity index (χ3n) is 3.85. The van der Waals surface area contributed by atoms with Crippen LogP contribution in [-0.4, -0.2) is 27.1 Å². The first-order valence-electron chi connectivity index (χ1n) is 7.57. The molecule has 0 aliphatic carbocycles. The van der Waals surface area contributed by atoms with E-state index in [1.807, 2.05) is 26.0 Å². The van der Waals surface area contributed by atoms with Gasteiger partial charge in [-0.1, -0.05) is 24.3 Å². The summed E-state index contributed by atoms with van der Waals surface area (Å²) < 4.78 is 25.5. The predicted octanol–water partition coefficient (Wildman–Crippen LogP) is 2.58. The highest BCUT2D eigenvalue weighted by Gasteiger charge is 2.23. The summed E-state index contributed by atoms with van der Waals surface area (Å²) in [5.74, 6) is -0.519. The van der Waals surface area contributed by atoms with Crippen molar-refractivity contribution >= 4 is 27.3 Å². The fourth-order valence-electron chi connectivity index (χ4n) is 2.40. The topological polar surface area (TPSA) is 90.3 Å². The normalized spacial score (nSPS) is 10.8. The molecule has 7 heteroatoms. The van der Waals surface area contributed by atoms with Crippen LogP contribution in [-0.2, 0) is 14.8 Å². The molecule has 0 aromatic heterocycles. The van der Waals surface area contributed by atoms with E-state index in [1.54, 1.807) is 36.4 Å². The Labute approximate surface area is 147 Å². The number of nitrogens with one attached hydrogen (secondary N) is 1. The van der Waals surface area contributed by atoms with Crippen LogP contribution in [0, 0.1) is 25.2 Å². The number of amides is 1. The minimum atomic E-state index is -3.65. The summed E-state index contributed by atoms with van der Waals surface area (Å²) in [6, 6.07) is 13.8. The summed E-state index contributed by atoms with van der Waals surface area (Å²) in [6.07, 6.45) is 1.06. The van der Waals surface area contributed by atoms with E-state index >= 15 is 0 Å². The van der Waals surface area contributed by atoms with Gasteiger partial charge in [0.1, 0.15) is 12.6 Å². The second-order valence-electron chi connectivity index (χ2n) is 5.69. The lowest BCUT2D eigenvalue weighted by atomic mass is 10.1. The Balaban J connectivity index is 2.31. The minimum absolute atomic E-state index is 0.313. The van der Waals surface area contributed by atoms with E-state index in [-0.39, 0.29) is 6.54 Å². The van der Waals surface area contributed by atoms with Crippen LogP contribution in [0.1, 0.15) is 16.7 Å². The Morgan fingerprint density at radius 3 is 2.48 bits per heavy atom. The van der Waals surface area contributed by atoms with Gasteiger partial charge in [0.05, 0.1) is 23.2 Å². The molecular formula is C18H19N3O3S. The van der Waals surface area contributed by atoms with E-state index in [9.17, 15) is 13.2 Å². The highest BCUT2D eigenvalue weighted by atomic mass is 32.2. The molecule has 2 rings (SSSR count). The molecule has 130 valence electrons. The third kappa shape index (κ3) is 4.37. The van der Waals surface area contributed by atoms with Gasteiger partial charge in [-0.05, 0) is 43.2 Å². The quantitative estimate of drug-likeness (QED) is 0.890. The second kappa shape index (κ2) is 7.36. The van der Waals surface area contributed by atoms with E-state index in [4.69, 9.17) is 5.26 Å². The van der Waals surface area contributed by atoms with Gasteiger partial charge in [-0.2, -0.15) is 5.26 Å². The van der Waals surface area contributed by atoms with Crippen LogP contribution < -0.4 is 9.62 Å². The maximum Gasteiger partial charge on any atom is 0.245 e. The zero-order valence-corrected chi connectivity index (χ0v) is 15.1. The number of rotatable bonds is 5. The zero-order chi connectivity index (χ0) is 18.6. The van der Waals surface area contributed by atoms with Crippen molar-refractivity contribution in [1.29, 1.82) is 5.26 Å². The van der Waals surface area contributed by atoms with Crippen LogP contribution in [0.2, 0.25) is 0 Å². The molecule has 2 aromatic carbocycles. The molecule has 0 spiro atoms.